The molecule has 1 amide bonds. The molecule has 4 aliphatic rings. The number of hydrogen-bond donors (Lipinski definition) is 3. The number of carbonyl (C=O) groups excluding carboxylic acids is 1. The van der Waals surface area contributed by atoms with Crippen LogP contribution in [0, 0.1) is 0 Å². The van der Waals surface area contributed by atoms with E-state index in [-0.39, 0.29) is 23.9 Å². The quantitative estimate of drug-likeness (QED) is 0.367. The molecule has 0 aromatic carbocycles. The number of nitrogens with two attached hydrogens (primary N) is 1. The number of aromatic nitrogens is 7. The summed E-state index contributed by atoms with van der Waals surface area (Å²) in [5.74, 6) is 1.57. The number of pyridine rings is 1. The molecule has 4 atom stereocenters. The number of piperidine rings is 1. The van der Waals surface area contributed by atoms with Crippen LogP contribution in [0.4, 0.5) is 5.82 Å². The molecule has 1 unspecified atom stereocenters. The number of rotatable bonds is 4. The molecule has 0 radical (unpaired) electrons. The number of hydrogen-bond acceptors (Lipinski definition) is 8. The van der Waals surface area contributed by atoms with Gasteiger partial charge in [0.2, 0.25) is 5.82 Å². The lowest BCUT2D eigenvalue weighted by Gasteiger charge is -2.39. The summed E-state index contributed by atoms with van der Waals surface area (Å²) in [4.78, 5) is 28.0. The fourth-order valence-corrected chi connectivity index (χ4v) is 7.31. The minimum Gasteiger partial charge on any atom is -0.387 e. The molecular formula is C28H31N9O2. The third-order valence-electron chi connectivity index (χ3n) is 9.26. The molecule has 4 aromatic heterocycles. The van der Waals surface area contributed by atoms with Crippen LogP contribution in [0.3, 0.4) is 0 Å². The summed E-state index contributed by atoms with van der Waals surface area (Å²) in [6.07, 6.45) is 13.2. The average molecular weight is 526 g/mol. The second-order valence-electron chi connectivity index (χ2n) is 11.6. The van der Waals surface area contributed by atoms with Gasteiger partial charge in [0, 0.05) is 40.9 Å². The maximum Gasteiger partial charge on any atom is 0.292 e. The maximum atomic E-state index is 13.2. The van der Waals surface area contributed by atoms with Crippen LogP contribution in [0.2, 0.25) is 0 Å². The number of nitrogens with zero attached hydrogens (tertiary/aromatic N) is 7. The second-order valence-corrected chi connectivity index (χ2v) is 11.6. The van der Waals surface area contributed by atoms with Crippen molar-refractivity contribution in [2.24, 2.45) is 0 Å². The molecule has 2 bridgehead atoms. The van der Waals surface area contributed by atoms with E-state index in [1.54, 1.807) is 4.52 Å². The zero-order valence-corrected chi connectivity index (χ0v) is 21.6. The number of aryl methyl sites for hydroxylation is 1. The molecule has 3 fully saturated rings. The van der Waals surface area contributed by atoms with Crippen molar-refractivity contribution in [3.05, 3.63) is 53.1 Å². The molecule has 39 heavy (non-hydrogen) atoms. The van der Waals surface area contributed by atoms with E-state index in [2.05, 4.69) is 31.3 Å². The summed E-state index contributed by atoms with van der Waals surface area (Å²) in [7, 11) is 0. The number of anilines is 1. The lowest BCUT2D eigenvalue weighted by molar-refractivity contribution is 0.0557. The number of aromatic amines is 1. The fraction of sp³-hybridized carbons (Fsp3) is 0.500. The van der Waals surface area contributed by atoms with Gasteiger partial charge >= 0.3 is 0 Å². The van der Waals surface area contributed by atoms with Gasteiger partial charge < -0.3 is 20.7 Å². The Labute approximate surface area is 224 Å². The van der Waals surface area contributed by atoms with E-state index in [0.717, 1.165) is 97.1 Å². The van der Waals surface area contributed by atoms with Gasteiger partial charge in [0.15, 0.2) is 5.65 Å². The maximum absolute atomic E-state index is 13.2. The normalized spacial score (nSPS) is 26.2. The topological polar surface area (TPSA) is 151 Å². The van der Waals surface area contributed by atoms with Crippen molar-refractivity contribution in [1.82, 2.24) is 39.7 Å². The first-order valence-corrected chi connectivity index (χ1v) is 14.1. The van der Waals surface area contributed by atoms with Gasteiger partial charge in [-0.15, -0.1) is 10.2 Å². The highest BCUT2D eigenvalue weighted by molar-refractivity contribution is 5.91. The van der Waals surface area contributed by atoms with E-state index in [1.807, 2.05) is 17.3 Å². The van der Waals surface area contributed by atoms with Crippen LogP contribution >= 0.6 is 0 Å². The number of H-pyrrole nitrogens is 1. The standard InChI is InChI=1S/C28H31N9O2/c29-25-22(14-4-5-14)24(16-9-18-6-7-19(10-16)36(18)28(39)26-31-13-32-35-26)34-27-20(12-33-37(25)27)17-8-15-2-1-3-21(38)23(15)30-11-17/h8,11-14,16,18-19,21,38H,1-7,9-10,29H2,(H,31,32,35)/t16-,18+,19-,21?. The van der Waals surface area contributed by atoms with Crippen LogP contribution < -0.4 is 5.73 Å². The number of nitrogen functional groups attached to an aromatic ring is 1. The first kappa shape index (κ1) is 23.1. The Morgan fingerprint density at radius 1 is 1.05 bits per heavy atom. The van der Waals surface area contributed by atoms with Gasteiger partial charge in [0.25, 0.3) is 5.91 Å². The molecule has 0 spiro atoms. The molecule has 1 saturated carbocycles. The van der Waals surface area contributed by atoms with Crippen LogP contribution in [0.15, 0.2) is 24.8 Å². The third-order valence-corrected chi connectivity index (χ3v) is 9.26. The van der Waals surface area contributed by atoms with Crippen LogP contribution in [-0.2, 0) is 6.42 Å². The summed E-state index contributed by atoms with van der Waals surface area (Å²) < 4.78 is 1.79. The summed E-state index contributed by atoms with van der Waals surface area (Å²) in [6, 6.07) is 2.43. The van der Waals surface area contributed by atoms with E-state index >= 15 is 0 Å². The van der Waals surface area contributed by atoms with E-state index in [0.29, 0.717) is 17.6 Å². The first-order valence-electron chi connectivity index (χ1n) is 14.1. The lowest BCUT2D eigenvalue weighted by atomic mass is 9.85. The highest BCUT2D eigenvalue weighted by Crippen LogP contribution is 2.50. The summed E-state index contributed by atoms with van der Waals surface area (Å²) in [5.41, 5.74) is 13.5. The van der Waals surface area contributed by atoms with E-state index in [9.17, 15) is 9.90 Å². The van der Waals surface area contributed by atoms with Crippen molar-refractivity contribution in [1.29, 1.82) is 0 Å². The van der Waals surface area contributed by atoms with Crippen LogP contribution in [0.1, 0.15) is 102 Å². The second kappa shape index (κ2) is 8.57. The fourth-order valence-electron chi connectivity index (χ4n) is 7.31. The molecule has 200 valence electrons. The van der Waals surface area contributed by atoms with Gasteiger partial charge in [-0.1, -0.05) is 0 Å². The number of aliphatic hydroxyl groups is 1. The SMILES string of the molecule is Nc1c(C2CC2)c([C@H]2C[C@H]3CC[C@@H](C2)N3C(=O)c2nnc[nH]2)nc2c(-c3cnc4c(c3)CCCC4O)cnn12. The Morgan fingerprint density at radius 3 is 2.62 bits per heavy atom. The van der Waals surface area contributed by atoms with Gasteiger partial charge in [-0.3, -0.25) is 9.78 Å². The van der Waals surface area contributed by atoms with E-state index < -0.39 is 6.10 Å². The molecule has 2 aliphatic carbocycles. The molecule has 11 nitrogen and oxygen atoms in total. The van der Waals surface area contributed by atoms with Gasteiger partial charge in [0.1, 0.15) is 12.1 Å². The van der Waals surface area contributed by atoms with Crippen molar-refractivity contribution in [3.63, 3.8) is 0 Å². The van der Waals surface area contributed by atoms with Crippen molar-refractivity contribution >= 4 is 17.4 Å². The van der Waals surface area contributed by atoms with Crippen molar-refractivity contribution < 1.29 is 9.90 Å². The molecule has 6 heterocycles. The zero-order valence-electron chi connectivity index (χ0n) is 21.6. The van der Waals surface area contributed by atoms with Gasteiger partial charge in [0.05, 0.1) is 23.7 Å². The Kier molecular flexibility index (Phi) is 5.07. The minimum absolute atomic E-state index is 0.0631. The van der Waals surface area contributed by atoms with Crippen molar-refractivity contribution in [2.45, 2.75) is 87.8 Å². The van der Waals surface area contributed by atoms with Crippen LogP contribution in [0.25, 0.3) is 16.8 Å². The monoisotopic (exact) mass is 525 g/mol. The summed E-state index contributed by atoms with van der Waals surface area (Å²) in [6.45, 7) is 0. The molecule has 8 rings (SSSR count). The number of amides is 1. The number of fused-ring (bicyclic) bond motifs is 4. The number of aliphatic hydroxyl groups excluding tert-OH is 1. The van der Waals surface area contributed by atoms with E-state index in [4.69, 9.17) is 10.7 Å². The first-order chi connectivity index (χ1) is 19.1. The number of carbonyl (C=O) groups is 1. The summed E-state index contributed by atoms with van der Waals surface area (Å²) in [5, 5.41) is 22.8. The molecular weight excluding hydrogens is 494 g/mol. The van der Waals surface area contributed by atoms with Crippen LogP contribution in [-0.4, -0.2) is 62.8 Å². The lowest BCUT2D eigenvalue weighted by Crippen LogP contribution is -2.46. The van der Waals surface area contributed by atoms with Gasteiger partial charge in [-0.25, -0.2) is 4.98 Å². The molecule has 2 aliphatic heterocycles. The Hall–Kier alpha value is -3.86. The smallest absolute Gasteiger partial charge is 0.292 e. The Balaban J connectivity index is 1.19. The van der Waals surface area contributed by atoms with Crippen molar-refractivity contribution in [3.8, 4) is 11.1 Å². The predicted molar refractivity (Wildman–Crippen MR) is 142 cm³/mol. The third kappa shape index (κ3) is 3.59. The number of nitrogens with one attached hydrogen (secondary N) is 1. The van der Waals surface area contributed by atoms with Crippen LogP contribution in [0.5, 0.6) is 0 Å². The van der Waals surface area contributed by atoms with E-state index in [1.165, 1.54) is 6.33 Å². The van der Waals surface area contributed by atoms with Crippen molar-refractivity contribution in [2.75, 3.05) is 5.73 Å². The predicted octanol–water partition coefficient (Wildman–Crippen LogP) is 3.29. The highest BCUT2D eigenvalue weighted by Gasteiger charge is 2.46. The van der Waals surface area contributed by atoms with Gasteiger partial charge in [-0.05, 0) is 75.3 Å². The Bertz CT molecular complexity index is 1580. The highest BCUT2D eigenvalue weighted by atomic mass is 16.3. The zero-order chi connectivity index (χ0) is 26.2. The molecule has 11 heteroatoms. The molecule has 4 N–H and O–H groups in total. The van der Waals surface area contributed by atoms with Gasteiger partial charge in [-0.2, -0.15) is 9.61 Å². The molecule has 2 saturated heterocycles. The average Bonchev–Trinajstić information content (AvgIpc) is 3.33. The summed E-state index contributed by atoms with van der Waals surface area (Å²) >= 11 is 0. The minimum atomic E-state index is -0.495. The Morgan fingerprint density at radius 2 is 1.87 bits per heavy atom. The largest absolute Gasteiger partial charge is 0.387 e. The molecule has 4 aromatic rings.